The molecule has 6 heteroatoms. The summed E-state index contributed by atoms with van der Waals surface area (Å²) >= 11 is 0. The molecule has 0 saturated heterocycles. The summed E-state index contributed by atoms with van der Waals surface area (Å²) in [7, 11) is 3.63. The number of benzene rings is 3. The van der Waals surface area contributed by atoms with Gasteiger partial charge in [0.1, 0.15) is 5.78 Å². The lowest BCUT2D eigenvalue weighted by Crippen LogP contribution is -2.23. The standard InChI is InChI=1S/C28H29N3O3/c1-19-12-21(17-31(3)16-20(2)32)14-24(13-19)27-29-28(34-30-27)23-10-11-26(25(15-23)18-33-4)22-8-6-5-7-9-22/h5-15H,16-18H2,1-4H3. The van der Waals surface area contributed by atoms with Crippen LogP contribution in [0.25, 0.3) is 34.0 Å². The van der Waals surface area contributed by atoms with E-state index in [1.54, 1.807) is 14.0 Å². The van der Waals surface area contributed by atoms with Crippen molar-refractivity contribution in [3.63, 3.8) is 0 Å². The lowest BCUT2D eigenvalue weighted by Gasteiger charge is -2.15. The molecule has 34 heavy (non-hydrogen) atoms. The highest BCUT2D eigenvalue weighted by atomic mass is 16.5. The SMILES string of the molecule is COCc1cc(-c2nc(-c3cc(C)cc(CN(C)CC(C)=O)c3)no2)ccc1-c1ccccc1. The van der Waals surface area contributed by atoms with Gasteiger partial charge in [-0.15, -0.1) is 0 Å². The summed E-state index contributed by atoms with van der Waals surface area (Å²) < 4.78 is 11.1. The molecule has 0 atom stereocenters. The van der Waals surface area contributed by atoms with Gasteiger partial charge in [-0.1, -0.05) is 53.2 Å². The van der Waals surface area contributed by atoms with Crippen LogP contribution in [0, 0.1) is 6.92 Å². The average molecular weight is 456 g/mol. The number of aromatic nitrogens is 2. The second kappa shape index (κ2) is 10.5. The smallest absolute Gasteiger partial charge is 0.258 e. The Morgan fingerprint density at radius 3 is 2.53 bits per heavy atom. The lowest BCUT2D eigenvalue weighted by atomic mass is 9.98. The number of rotatable bonds is 9. The molecule has 0 unspecified atom stereocenters. The number of Topliss-reactive ketones (excluding diaryl/α,β-unsaturated/α-hetero) is 1. The Morgan fingerprint density at radius 2 is 1.79 bits per heavy atom. The number of carbonyl (C=O) groups is 1. The number of hydrogen-bond donors (Lipinski definition) is 0. The van der Waals surface area contributed by atoms with Crippen molar-refractivity contribution in [3.05, 3.63) is 83.4 Å². The normalized spacial score (nSPS) is 11.2. The number of aryl methyl sites for hydroxylation is 1. The third-order valence-corrected chi connectivity index (χ3v) is 5.50. The van der Waals surface area contributed by atoms with Crippen LogP contribution in [0.2, 0.25) is 0 Å². The summed E-state index contributed by atoms with van der Waals surface area (Å²) in [4.78, 5) is 18.1. The minimum absolute atomic E-state index is 0.143. The number of ether oxygens (including phenoxy) is 1. The van der Waals surface area contributed by atoms with E-state index in [9.17, 15) is 4.79 Å². The van der Waals surface area contributed by atoms with Crippen molar-refractivity contribution in [1.82, 2.24) is 15.0 Å². The van der Waals surface area contributed by atoms with Gasteiger partial charge in [-0.2, -0.15) is 4.98 Å². The highest BCUT2D eigenvalue weighted by Gasteiger charge is 2.15. The summed E-state index contributed by atoms with van der Waals surface area (Å²) in [5.74, 6) is 1.14. The molecule has 0 fully saturated rings. The Labute approximate surface area is 200 Å². The van der Waals surface area contributed by atoms with E-state index in [0.717, 1.165) is 38.9 Å². The number of hydrogen-bond acceptors (Lipinski definition) is 6. The van der Waals surface area contributed by atoms with Gasteiger partial charge in [-0.05, 0) is 67.4 Å². The average Bonchev–Trinajstić information content (AvgIpc) is 3.29. The van der Waals surface area contributed by atoms with E-state index in [1.165, 1.54) is 0 Å². The van der Waals surface area contributed by atoms with Gasteiger partial charge in [0.2, 0.25) is 5.82 Å². The van der Waals surface area contributed by atoms with Gasteiger partial charge < -0.3 is 9.26 Å². The van der Waals surface area contributed by atoms with Crippen LogP contribution in [0.5, 0.6) is 0 Å². The molecule has 0 aliphatic carbocycles. The molecule has 174 valence electrons. The minimum atomic E-state index is 0.143. The Morgan fingerprint density at radius 1 is 1.00 bits per heavy atom. The van der Waals surface area contributed by atoms with E-state index in [0.29, 0.717) is 31.4 Å². The van der Waals surface area contributed by atoms with E-state index in [-0.39, 0.29) is 5.78 Å². The molecular formula is C28H29N3O3. The predicted molar refractivity (Wildman–Crippen MR) is 133 cm³/mol. The van der Waals surface area contributed by atoms with Crippen LogP contribution >= 0.6 is 0 Å². The van der Waals surface area contributed by atoms with Crippen LogP contribution in [-0.4, -0.2) is 41.5 Å². The molecule has 1 aromatic heterocycles. The van der Waals surface area contributed by atoms with Gasteiger partial charge in [0.25, 0.3) is 5.89 Å². The van der Waals surface area contributed by atoms with E-state index in [2.05, 4.69) is 34.4 Å². The number of carbonyl (C=O) groups excluding carboxylic acids is 1. The molecule has 0 aliphatic rings. The zero-order valence-corrected chi connectivity index (χ0v) is 20.0. The van der Waals surface area contributed by atoms with E-state index >= 15 is 0 Å². The fourth-order valence-electron chi connectivity index (χ4n) is 4.19. The molecule has 4 rings (SSSR count). The van der Waals surface area contributed by atoms with Gasteiger partial charge >= 0.3 is 0 Å². The summed E-state index contributed by atoms with van der Waals surface area (Å²) in [6.45, 7) is 5.20. The van der Waals surface area contributed by atoms with E-state index in [4.69, 9.17) is 9.26 Å². The molecule has 0 saturated carbocycles. The maximum Gasteiger partial charge on any atom is 0.258 e. The van der Waals surface area contributed by atoms with E-state index < -0.39 is 0 Å². The van der Waals surface area contributed by atoms with Gasteiger partial charge in [0.15, 0.2) is 0 Å². The topological polar surface area (TPSA) is 68.5 Å². The summed E-state index contributed by atoms with van der Waals surface area (Å²) in [5.41, 5.74) is 7.23. The molecule has 0 amide bonds. The maximum absolute atomic E-state index is 11.4. The Kier molecular flexibility index (Phi) is 7.30. The first-order valence-corrected chi connectivity index (χ1v) is 11.2. The third kappa shape index (κ3) is 5.65. The minimum Gasteiger partial charge on any atom is -0.380 e. The molecule has 3 aromatic carbocycles. The maximum atomic E-state index is 11.4. The quantitative estimate of drug-likeness (QED) is 0.330. The van der Waals surface area contributed by atoms with Crippen molar-refractivity contribution in [2.24, 2.45) is 0 Å². The molecule has 4 aromatic rings. The van der Waals surface area contributed by atoms with Crippen LogP contribution in [0.15, 0.2) is 71.3 Å². The zero-order valence-electron chi connectivity index (χ0n) is 20.0. The first-order chi connectivity index (χ1) is 16.4. The van der Waals surface area contributed by atoms with E-state index in [1.807, 2.05) is 61.3 Å². The summed E-state index contributed by atoms with van der Waals surface area (Å²) in [6, 6.07) is 22.5. The van der Waals surface area contributed by atoms with Gasteiger partial charge in [-0.3, -0.25) is 9.69 Å². The molecule has 0 aliphatic heterocycles. The highest BCUT2D eigenvalue weighted by Crippen LogP contribution is 2.30. The first-order valence-electron chi connectivity index (χ1n) is 11.2. The highest BCUT2D eigenvalue weighted by molar-refractivity contribution is 5.77. The fraction of sp³-hybridized carbons (Fsp3) is 0.250. The van der Waals surface area contributed by atoms with Crippen LogP contribution in [-0.2, 0) is 22.7 Å². The Hall–Kier alpha value is -3.61. The molecule has 6 nitrogen and oxygen atoms in total. The lowest BCUT2D eigenvalue weighted by molar-refractivity contribution is -0.117. The van der Waals surface area contributed by atoms with Crippen molar-refractivity contribution < 1.29 is 14.1 Å². The molecule has 0 N–H and O–H groups in total. The van der Waals surface area contributed by atoms with Crippen molar-refractivity contribution in [3.8, 4) is 34.0 Å². The summed E-state index contributed by atoms with van der Waals surface area (Å²) in [6.07, 6.45) is 0. The predicted octanol–water partition coefficient (Wildman–Crippen LogP) is 5.55. The van der Waals surface area contributed by atoms with Crippen molar-refractivity contribution >= 4 is 5.78 Å². The molecule has 0 bridgehead atoms. The fourth-order valence-corrected chi connectivity index (χ4v) is 4.19. The summed E-state index contributed by atoms with van der Waals surface area (Å²) in [5, 5.41) is 4.24. The molecular weight excluding hydrogens is 426 g/mol. The van der Waals surface area contributed by atoms with Crippen LogP contribution < -0.4 is 0 Å². The van der Waals surface area contributed by atoms with Gasteiger partial charge in [0.05, 0.1) is 13.2 Å². The van der Waals surface area contributed by atoms with Crippen molar-refractivity contribution in [2.75, 3.05) is 20.7 Å². The van der Waals surface area contributed by atoms with Crippen LogP contribution in [0.4, 0.5) is 0 Å². The molecule has 0 spiro atoms. The number of nitrogens with zero attached hydrogens (tertiary/aromatic N) is 3. The Bertz CT molecular complexity index is 1280. The third-order valence-electron chi connectivity index (χ3n) is 5.50. The van der Waals surface area contributed by atoms with Crippen molar-refractivity contribution in [2.45, 2.75) is 27.0 Å². The van der Waals surface area contributed by atoms with Crippen LogP contribution in [0.3, 0.4) is 0 Å². The van der Waals surface area contributed by atoms with Gasteiger partial charge in [-0.25, -0.2) is 0 Å². The Balaban J connectivity index is 1.62. The largest absolute Gasteiger partial charge is 0.380 e. The monoisotopic (exact) mass is 455 g/mol. The number of methoxy groups -OCH3 is 1. The number of ketones is 1. The second-order valence-corrected chi connectivity index (χ2v) is 8.68. The molecule has 0 radical (unpaired) electrons. The first kappa shape index (κ1) is 23.5. The molecule has 1 heterocycles. The zero-order chi connectivity index (χ0) is 24.1. The van der Waals surface area contributed by atoms with Crippen LogP contribution in [0.1, 0.15) is 23.6 Å². The van der Waals surface area contributed by atoms with Crippen molar-refractivity contribution in [1.29, 1.82) is 0 Å². The second-order valence-electron chi connectivity index (χ2n) is 8.68. The van der Waals surface area contributed by atoms with Gasteiger partial charge in [0, 0.05) is 24.8 Å². The number of likely N-dealkylation sites (N-methyl/N-ethyl adjacent to an activating group) is 1.